The summed E-state index contributed by atoms with van der Waals surface area (Å²) in [6, 6.07) is 6.37. The second-order valence-corrected chi connectivity index (χ2v) is 3.39. The van der Waals surface area contributed by atoms with Crippen molar-refractivity contribution in [1.82, 2.24) is 0 Å². The predicted molar refractivity (Wildman–Crippen MR) is 49.6 cm³/mol. The number of hydrogen-bond donors (Lipinski definition) is 0. The minimum Gasteiger partial charge on any atom is -0.443 e. The standard InChI is InChI=1S/C10H5F2OS/c11-7-3-4-8(12)9(6-7)13-10-2-1-5-14-10/h1-4,6H. The molecule has 0 aliphatic rings. The SMILES string of the molecule is Fc1ccc(F)c(Oc2cc[c]s2)c1. The summed E-state index contributed by atoms with van der Waals surface area (Å²) in [5.41, 5.74) is 0. The first kappa shape index (κ1) is 9.15. The van der Waals surface area contributed by atoms with Gasteiger partial charge in [-0.3, -0.25) is 0 Å². The Bertz CT molecular complexity index is 426. The van der Waals surface area contributed by atoms with E-state index in [-0.39, 0.29) is 5.75 Å². The molecule has 0 saturated heterocycles. The van der Waals surface area contributed by atoms with Gasteiger partial charge < -0.3 is 4.74 Å². The molecule has 71 valence electrons. The fraction of sp³-hybridized carbons (Fsp3) is 0. The van der Waals surface area contributed by atoms with Crippen molar-refractivity contribution in [2.45, 2.75) is 0 Å². The average molecular weight is 211 g/mol. The lowest BCUT2D eigenvalue weighted by Crippen LogP contribution is -1.87. The van der Waals surface area contributed by atoms with Crippen LogP contribution in [0.2, 0.25) is 0 Å². The van der Waals surface area contributed by atoms with Crippen LogP contribution in [0.3, 0.4) is 0 Å². The van der Waals surface area contributed by atoms with Crippen LogP contribution < -0.4 is 4.74 Å². The summed E-state index contributed by atoms with van der Waals surface area (Å²) in [4.78, 5) is 0. The van der Waals surface area contributed by atoms with E-state index in [0.717, 1.165) is 18.2 Å². The highest BCUT2D eigenvalue weighted by Crippen LogP contribution is 2.28. The third-order valence-corrected chi connectivity index (χ3v) is 2.23. The molecule has 0 fully saturated rings. The summed E-state index contributed by atoms with van der Waals surface area (Å²) in [5.74, 6) is -1.22. The van der Waals surface area contributed by atoms with E-state index in [1.807, 2.05) is 0 Å². The Labute approximate surface area is 83.6 Å². The Morgan fingerprint density at radius 2 is 2.07 bits per heavy atom. The van der Waals surface area contributed by atoms with Gasteiger partial charge in [0, 0.05) is 11.4 Å². The van der Waals surface area contributed by atoms with Crippen molar-refractivity contribution in [2.75, 3.05) is 0 Å². The van der Waals surface area contributed by atoms with Crippen molar-refractivity contribution < 1.29 is 13.5 Å². The van der Waals surface area contributed by atoms with Gasteiger partial charge in [-0.15, -0.1) is 0 Å². The number of ether oxygens (including phenoxy) is 1. The molecule has 0 atom stereocenters. The Balaban J connectivity index is 2.28. The lowest BCUT2D eigenvalue weighted by molar-refractivity contribution is 0.446. The monoisotopic (exact) mass is 211 g/mol. The molecule has 0 unspecified atom stereocenters. The van der Waals surface area contributed by atoms with E-state index in [4.69, 9.17) is 4.74 Å². The van der Waals surface area contributed by atoms with E-state index in [0.29, 0.717) is 5.06 Å². The van der Waals surface area contributed by atoms with Gasteiger partial charge in [0.25, 0.3) is 0 Å². The van der Waals surface area contributed by atoms with Crippen LogP contribution in [0.5, 0.6) is 10.8 Å². The maximum Gasteiger partial charge on any atom is 0.181 e. The minimum atomic E-state index is -0.584. The molecule has 1 heterocycles. The van der Waals surface area contributed by atoms with Gasteiger partial charge in [0.2, 0.25) is 0 Å². The van der Waals surface area contributed by atoms with Crippen LogP contribution in [-0.4, -0.2) is 0 Å². The molecule has 14 heavy (non-hydrogen) atoms. The molecule has 0 spiro atoms. The molecular formula is C10H5F2OS. The van der Waals surface area contributed by atoms with Crippen molar-refractivity contribution in [3.8, 4) is 10.8 Å². The lowest BCUT2D eigenvalue weighted by atomic mass is 10.3. The van der Waals surface area contributed by atoms with E-state index in [9.17, 15) is 8.78 Å². The first-order valence-electron chi connectivity index (χ1n) is 3.84. The molecule has 2 aromatic rings. The zero-order valence-electron chi connectivity index (χ0n) is 6.96. The molecule has 1 aromatic carbocycles. The highest BCUT2D eigenvalue weighted by molar-refractivity contribution is 7.11. The van der Waals surface area contributed by atoms with Crippen LogP contribution in [0.1, 0.15) is 0 Å². The van der Waals surface area contributed by atoms with Crippen LogP contribution in [-0.2, 0) is 0 Å². The molecule has 0 N–H and O–H groups in total. The number of benzene rings is 1. The minimum absolute atomic E-state index is 0.110. The number of hydrogen-bond acceptors (Lipinski definition) is 2. The lowest BCUT2D eigenvalue weighted by Gasteiger charge is -2.03. The smallest absolute Gasteiger partial charge is 0.181 e. The van der Waals surface area contributed by atoms with Crippen molar-refractivity contribution >= 4 is 11.3 Å². The number of rotatable bonds is 2. The van der Waals surface area contributed by atoms with E-state index < -0.39 is 11.6 Å². The van der Waals surface area contributed by atoms with Gasteiger partial charge in [-0.1, -0.05) is 11.3 Å². The van der Waals surface area contributed by atoms with E-state index in [2.05, 4.69) is 5.38 Å². The summed E-state index contributed by atoms with van der Waals surface area (Å²) in [6.45, 7) is 0. The molecule has 0 bridgehead atoms. The van der Waals surface area contributed by atoms with Crippen molar-refractivity contribution in [3.63, 3.8) is 0 Å². The topological polar surface area (TPSA) is 9.23 Å². The van der Waals surface area contributed by atoms with Crippen LogP contribution >= 0.6 is 11.3 Å². The molecule has 1 aromatic heterocycles. The van der Waals surface area contributed by atoms with E-state index in [1.54, 1.807) is 12.1 Å². The van der Waals surface area contributed by atoms with Crippen molar-refractivity contribution in [1.29, 1.82) is 0 Å². The summed E-state index contributed by atoms with van der Waals surface area (Å²) in [6.07, 6.45) is 0. The summed E-state index contributed by atoms with van der Waals surface area (Å²) >= 11 is 1.20. The van der Waals surface area contributed by atoms with Gasteiger partial charge in [0.05, 0.1) is 0 Å². The number of thiophene rings is 1. The largest absolute Gasteiger partial charge is 0.443 e. The first-order chi connectivity index (χ1) is 6.75. The van der Waals surface area contributed by atoms with Gasteiger partial charge >= 0.3 is 0 Å². The first-order valence-corrected chi connectivity index (χ1v) is 4.66. The fourth-order valence-electron chi connectivity index (χ4n) is 0.947. The van der Waals surface area contributed by atoms with Crippen molar-refractivity contribution in [3.05, 3.63) is 47.3 Å². The van der Waals surface area contributed by atoms with Gasteiger partial charge in [-0.05, 0) is 24.3 Å². The van der Waals surface area contributed by atoms with Gasteiger partial charge in [0.1, 0.15) is 5.82 Å². The Kier molecular flexibility index (Phi) is 2.45. The number of halogens is 2. The van der Waals surface area contributed by atoms with Crippen LogP contribution in [0.15, 0.2) is 30.3 Å². The second kappa shape index (κ2) is 3.75. The Morgan fingerprint density at radius 3 is 2.79 bits per heavy atom. The second-order valence-electron chi connectivity index (χ2n) is 2.55. The maximum absolute atomic E-state index is 13.1. The fourth-order valence-corrected chi connectivity index (χ4v) is 1.47. The maximum atomic E-state index is 13.1. The molecule has 0 aliphatic carbocycles. The molecule has 1 radical (unpaired) electrons. The zero-order valence-corrected chi connectivity index (χ0v) is 7.78. The summed E-state index contributed by atoms with van der Waals surface area (Å²) in [7, 11) is 0. The molecule has 2 rings (SSSR count). The Morgan fingerprint density at radius 1 is 1.21 bits per heavy atom. The molecule has 0 saturated carbocycles. The third kappa shape index (κ3) is 1.90. The average Bonchev–Trinajstić information content (AvgIpc) is 2.64. The van der Waals surface area contributed by atoms with Crippen LogP contribution in [0.4, 0.5) is 8.78 Å². The van der Waals surface area contributed by atoms with E-state index in [1.165, 1.54) is 11.3 Å². The third-order valence-electron chi connectivity index (χ3n) is 1.55. The highest BCUT2D eigenvalue weighted by Gasteiger charge is 2.06. The van der Waals surface area contributed by atoms with Gasteiger partial charge in [0.15, 0.2) is 16.6 Å². The molecule has 1 nitrogen and oxygen atoms in total. The predicted octanol–water partition coefficient (Wildman–Crippen LogP) is 3.62. The molecule has 4 heteroatoms. The normalized spacial score (nSPS) is 10.1. The zero-order chi connectivity index (χ0) is 9.97. The molecule has 0 aliphatic heterocycles. The summed E-state index contributed by atoms with van der Waals surface area (Å²) in [5, 5.41) is 3.27. The van der Waals surface area contributed by atoms with Gasteiger partial charge in [-0.2, -0.15) is 0 Å². The Hall–Kier alpha value is -1.42. The summed E-state index contributed by atoms with van der Waals surface area (Å²) < 4.78 is 30.9. The van der Waals surface area contributed by atoms with Crippen LogP contribution in [0.25, 0.3) is 0 Å². The molecular weight excluding hydrogens is 206 g/mol. The van der Waals surface area contributed by atoms with E-state index >= 15 is 0 Å². The molecule has 0 amide bonds. The van der Waals surface area contributed by atoms with Crippen molar-refractivity contribution in [2.24, 2.45) is 0 Å². The quantitative estimate of drug-likeness (QED) is 0.737. The highest BCUT2D eigenvalue weighted by atomic mass is 32.1. The van der Waals surface area contributed by atoms with Crippen LogP contribution in [0, 0.1) is 17.0 Å². The van der Waals surface area contributed by atoms with Gasteiger partial charge in [-0.25, -0.2) is 8.78 Å².